The predicted molar refractivity (Wildman–Crippen MR) is 140 cm³/mol. The molecule has 0 fully saturated rings. The number of quaternary nitrogens is 2. The van der Waals surface area contributed by atoms with E-state index in [9.17, 15) is 24.0 Å². The number of rotatable bonds is 17. The van der Waals surface area contributed by atoms with Crippen LogP contribution in [0, 0.1) is 17.8 Å². The number of nitrogens with zero attached hydrogens (tertiary/aromatic N) is 3. The molecule has 11 heteroatoms. The third kappa shape index (κ3) is 12.2. The van der Waals surface area contributed by atoms with Gasteiger partial charge in [0.15, 0.2) is 0 Å². The highest BCUT2D eigenvalue weighted by molar-refractivity contribution is 6.12. The molecule has 3 unspecified atom stereocenters. The van der Waals surface area contributed by atoms with E-state index in [2.05, 4.69) is 21.0 Å². The molecule has 11 nitrogen and oxygen atoms in total. The fourth-order valence-corrected chi connectivity index (χ4v) is 3.60. The topological polar surface area (TPSA) is 116 Å². The predicted octanol–water partition coefficient (Wildman–Crippen LogP) is 1.01. The Morgan fingerprint density at radius 1 is 0.763 bits per heavy atom. The van der Waals surface area contributed by atoms with Crippen LogP contribution in [0.2, 0.25) is 0 Å². The van der Waals surface area contributed by atoms with Crippen LogP contribution in [0.3, 0.4) is 0 Å². The number of hydrogen-bond acceptors (Lipinski definition) is 8. The summed E-state index contributed by atoms with van der Waals surface area (Å²) in [4.78, 5) is 62.4. The lowest BCUT2D eigenvalue weighted by Crippen LogP contribution is -2.42. The van der Waals surface area contributed by atoms with Gasteiger partial charge in [-0.25, -0.2) is 0 Å². The van der Waals surface area contributed by atoms with Crippen LogP contribution in [0.4, 0.5) is 0 Å². The van der Waals surface area contributed by atoms with Crippen molar-refractivity contribution < 1.29 is 47.1 Å². The summed E-state index contributed by atoms with van der Waals surface area (Å²) in [6, 6.07) is 0. The Labute approximate surface area is 226 Å². The highest BCUT2D eigenvalue weighted by Gasteiger charge is 2.31. The van der Waals surface area contributed by atoms with Crippen molar-refractivity contribution in [2.45, 2.75) is 33.6 Å². The number of hydrogen-bond donors (Lipinski definition) is 0. The summed E-state index contributed by atoms with van der Waals surface area (Å²) in [7, 11) is 10.1. The van der Waals surface area contributed by atoms with E-state index in [-0.39, 0.29) is 39.2 Å². The van der Waals surface area contributed by atoms with Crippen LogP contribution >= 0.6 is 0 Å². The minimum absolute atomic E-state index is 0.0456. The van der Waals surface area contributed by atoms with Gasteiger partial charge in [0, 0.05) is 12.2 Å². The molecule has 0 spiro atoms. The van der Waals surface area contributed by atoms with Crippen LogP contribution in [-0.4, -0.2) is 125 Å². The van der Waals surface area contributed by atoms with Crippen molar-refractivity contribution in [3.63, 3.8) is 0 Å². The zero-order valence-corrected chi connectivity index (χ0v) is 24.4. The average Bonchev–Trinajstić information content (AvgIpc) is 3.14. The maximum Gasteiger partial charge on any atom is 0.309 e. The number of carbonyl (C=O) groups excluding carboxylic acids is 5. The normalized spacial score (nSPS) is 16.3. The smallest absolute Gasteiger partial charge is 0.309 e. The minimum Gasteiger partial charge on any atom is -0.464 e. The van der Waals surface area contributed by atoms with E-state index in [0.717, 1.165) is 28.1 Å². The summed E-state index contributed by atoms with van der Waals surface area (Å²) < 4.78 is 17.6. The molecule has 0 saturated carbocycles. The molecule has 2 amide bonds. The monoisotopic (exact) mass is 541 g/mol. The van der Waals surface area contributed by atoms with Gasteiger partial charge in [-0.05, 0) is 19.8 Å². The highest BCUT2D eigenvalue weighted by Crippen LogP contribution is 2.24. The quantitative estimate of drug-likeness (QED) is 0.116. The second-order valence-corrected chi connectivity index (χ2v) is 11.6. The summed E-state index contributed by atoms with van der Waals surface area (Å²) >= 11 is 0. The number of likely N-dealkylation sites (N-methyl/N-ethyl adjacent to an activating group) is 2. The van der Waals surface area contributed by atoms with Crippen LogP contribution in [0.1, 0.15) is 33.6 Å². The van der Waals surface area contributed by atoms with E-state index in [1.54, 1.807) is 13.8 Å². The zero-order valence-electron chi connectivity index (χ0n) is 24.4. The van der Waals surface area contributed by atoms with Crippen LogP contribution in [0.15, 0.2) is 12.2 Å². The average molecular weight is 542 g/mol. The van der Waals surface area contributed by atoms with Crippen LogP contribution in [0.25, 0.3) is 0 Å². The Balaban J connectivity index is 2.72. The highest BCUT2D eigenvalue weighted by atomic mass is 16.5. The second kappa shape index (κ2) is 15.0. The Hall–Kier alpha value is -2.79. The lowest BCUT2D eigenvalue weighted by Gasteiger charge is -2.28. The number of amides is 2. The first-order valence-electron chi connectivity index (χ1n) is 13.2. The fourth-order valence-electron chi connectivity index (χ4n) is 3.60. The zero-order chi connectivity index (χ0) is 29.1. The molecule has 0 bridgehead atoms. The van der Waals surface area contributed by atoms with E-state index in [0.29, 0.717) is 17.6 Å². The molecule has 38 heavy (non-hydrogen) atoms. The van der Waals surface area contributed by atoms with E-state index >= 15 is 0 Å². The van der Waals surface area contributed by atoms with Gasteiger partial charge in [0.2, 0.25) is 0 Å². The first-order valence-corrected chi connectivity index (χ1v) is 13.2. The van der Waals surface area contributed by atoms with Gasteiger partial charge in [0.25, 0.3) is 11.8 Å². The Morgan fingerprint density at radius 3 is 1.68 bits per heavy atom. The molecule has 0 aromatic heterocycles. The standard InChI is InChI=1S/C27H47N3O8/c1-9-30(7,8)14-17-37-26(34)21(3)19-22(27(35)38-16-13-29(4,5)6)18-20(2)25(33)36-15-12-28-23(31)10-11-24(28)32/h10-11,20-22H,9,12-19H2,1-8H3/q+2. The molecule has 0 radical (unpaired) electrons. The summed E-state index contributed by atoms with van der Waals surface area (Å²) in [6.07, 6.45) is 2.63. The fraction of sp³-hybridized carbons (Fsp3) is 0.741. The molecule has 1 heterocycles. The van der Waals surface area contributed by atoms with Crippen molar-refractivity contribution in [3.8, 4) is 0 Å². The molecule has 1 aliphatic rings. The van der Waals surface area contributed by atoms with Crippen LogP contribution in [-0.2, 0) is 38.2 Å². The van der Waals surface area contributed by atoms with Gasteiger partial charge in [0.1, 0.15) is 32.9 Å². The largest absolute Gasteiger partial charge is 0.464 e. The third-order valence-corrected chi connectivity index (χ3v) is 6.68. The Bertz CT molecular complexity index is 860. The maximum atomic E-state index is 13.0. The lowest BCUT2D eigenvalue weighted by molar-refractivity contribution is -0.888. The molecule has 0 saturated heterocycles. The van der Waals surface area contributed by atoms with Crippen LogP contribution < -0.4 is 0 Å². The molecule has 0 aromatic rings. The van der Waals surface area contributed by atoms with E-state index < -0.39 is 47.5 Å². The number of carbonyl (C=O) groups is 5. The second-order valence-electron chi connectivity index (χ2n) is 11.6. The number of ether oxygens (including phenoxy) is 3. The number of imide groups is 1. The summed E-state index contributed by atoms with van der Waals surface area (Å²) in [5.74, 6) is -4.26. The van der Waals surface area contributed by atoms with Gasteiger partial charge in [-0.15, -0.1) is 0 Å². The molecule has 1 aliphatic heterocycles. The van der Waals surface area contributed by atoms with Gasteiger partial charge in [-0.2, -0.15) is 0 Å². The minimum atomic E-state index is -0.707. The van der Waals surface area contributed by atoms with Crippen molar-refractivity contribution in [1.29, 1.82) is 0 Å². The van der Waals surface area contributed by atoms with Crippen molar-refractivity contribution in [2.75, 3.05) is 81.2 Å². The molecular formula is C27H47N3O8+2. The van der Waals surface area contributed by atoms with Gasteiger partial charge in [0.05, 0.1) is 66.1 Å². The number of esters is 3. The van der Waals surface area contributed by atoms with E-state index in [1.165, 1.54) is 0 Å². The maximum absolute atomic E-state index is 13.0. The molecule has 0 N–H and O–H groups in total. The van der Waals surface area contributed by atoms with Gasteiger partial charge >= 0.3 is 17.9 Å². The first kappa shape index (κ1) is 33.2. The Morgan fingerprint density at radius 2 is 1.21 bits per heavy atom. The van der Waals surface area contributed by atoms with E-state index in [1.807, 2.05) is 21.1 Å². The van der Waals surface area contributed by atoms with Crippen LogP contribution in [0.5, 0.6) is 0 Å². The summed E-state index contributed by atoms with van der Waals surface area (Å²) in [5, 5.41) is 0. The lowest BCUT2D eigenvalue weighted by atomic mass is 9.88. The molecule has 0 aromatic carbocycles. The third-order valence-electron chi connectivity index (χ3n) is 6.68. The van der Waals surface area contributed by atoms with Gasteiger partial charge in [-0.1, -0.05) is 13.8 Å². The molecule has 0 aliphatic carbocycles. The van der Waals surface area contributed by atoms with Crippen molar-refractivity contribution in [1.82, 2.24) is 4.90 Å². The van der Waals surface area contributed by atoms with Crippen molar-refractivity contribution in [3.05, 3.63) is 12.2 Å². The summed E-state index contributed by atoms with van der Waals surface area (Å²) in [5.41, 5.74) is 0. The SMILES string of the molecule is CC[N+](C)(C)CCOC(=O)C(C)CC(CC(C)C(=O)OCCN1C(=O)C=CC1=O)C(=O)OCC[N+](C)(C)C. The molecule has 1 rings (SSSR count). The van der Waals surface area contributed by atoms with Gasteiger partial charge in [-0.3, -0.25) is 28.9 Å². The van der Waals surface area contributed by atoms with Crippen molar-refractivity contribution >= 4 is 29.7 Å². The molecule has 216 valence electrons. The van der Waals surface area contributed by atoms with Gasteiger partial charge < -0.3 is 23.2 Å². The Kier molecular flexibility index (Phi) is 13.1. The summed E-state index contributed by atoms with van der Waals surface area (Å²) in [6.45, 7) is 7.91. The van der Waals surface area contributed by atoms with Crippen molar-refractivity contribution in [2.24, 2.45) is 17.8 Å². The first-order chi connectivity index (χ1) is 17.6. The van der Waals surface area contributed by atoms with E-state index in [4.69, 9.17) is 14.2 Å². The molecular weight excluding hydrogens is 494 g/mol. The molecule has 3 atom stereocenters.